The molecule has 0 bridgehead atoms. The Labute approximate surface area is 161 Å². The molecule has 0 heterocycles. The highest BCUT2D eigenvalue weighted by atomic mass is 79.9. The molecule has 0 saturated heterocycles. The fourth-order valence-electron chi connectivity index (χ4n) is 2.32. The van der Waals surface area contributed by atoms with Crippen LogP contribution >= 0.6 is 15.9 Å². The van der Waals surface area contributed by atoms with Crippen LogP contribution < -0.4 is 14.9 Å². The quantitative estimate of drug-likeness (QED) is 0.414. The van der Waals surface area contributed by atoms with Crippen molar-refractivity contribution in [1.29, 1.82) is 0 Å². The second-order valence-electron chi connectivity index (χ2n) is 5.56. The van der Waals surface area contributed by atoms with Crippen molar-refractivity contribution in [3.05, 3.63) is 88.4 Å². The number of hydrogen-bond donors (Lipinski definition) is 1. The van der Waals surface area contributed by atoms with E-state index in [0.29, 0.717) is 18.1 Å². The minimum Gasteiger partial charge on any atom is -0.493 e. The molecule has 0 aromatic heterocycles. The molecule has 0 spiro atoms. The van der Waals surface area contributed by atoms with Gasteiger partial charge in [0.1, 0.15) is 6.61 Å². The smallest absolute Gasteiger partial charge is 0.161 e. The highest BCUT2D eigenvalue weighted by Gasteiger charge is 2.05. The summed E-state index contributed by atoms with van der Waals surface area (Å²) < 4.78 is 12.4. The van der Waals surface area contributed by atoms with Crippen LogP contribution in [0.5, 0.6) is 11.5 Å². The summed E-state index contributed by atoms with van der Waals surface area (Å²) >= 11 is 3.43. The van der Waals surface area contributed by atoms with Crippen molar-refractivity contribution < 1.29 is 9.47 Å². The van der Waals surface area contributed by atoms with Gasteiger partial charge in [-0.05, 0) is 53.6 Å². The number of anilines is 1. The summed E-state index contributed by atoms with van der Waals surface area (Å²) in [5.41, 5.74) is 5.93. The second-order valence-corrected chi connectivity index (χ2v) is 6.48. The first-order valence-electron chi connectivity index (χ1n) is 8.14. The van der Waals surface area contributed by atoms with E-state index in [1.165, 1.54) is 0 Å². The van der Waals surface area contributed by atoms with Crippen molar-refractivity contribution in [2.24, 2.45) is 5.10 Å². The SMILES string of the molecule is COc1cc(/C=N\Nc2ccccc2)ccc1OCc1ccc(Br)cc1. The number of para-hydroxylation sites is 1. The predicted octanol–water partition coefficient (Wildman–Crippen LogP) is 5.48. The van der Waals surface area contributed by atoms with Gasteiger partial charge in [0, 0.05) is 4.47 Å². The zero-order valence-electron chi connectivity index (χ0n) is 14.4. The third-order valence-electron chi connectivity index (χ3n) is 3.68. The lowest BCUT2D eigenvalue weighted by Crippen LogP contribution is -1.98. The summed E-state index contributed by atoms with van der Waals surface area (Å²) in [6.07, 6.45) is 1.74. The van der Waals surface area contributed by atoms with Gasteiger partial charge < -0.3 is 9.47 Å². The summed E-state index contributed by atoms with van der Waals surface area (Å²) in [5, 5.41) is 4.24. The molecule has 132 valence electrons. The van der Waals surface area contributed by atoms with E-state index in [1.54, 1.807) is 13.3 Å². The molecule has 3 aromatic rings. The highest BCUT2D eigenvalue weighted by molar-refractivity contribution is 9.10. The minimum absolute atomic E-state index is 0.479. The minimum atomic E-state index is 0.479. The van der Waals surface area contributed by atoms with Gasteiger partial charge in [0.15, 0.2) is 11.5 Å². The number of ether oxygens (including phenoxy) is 2. The highest BCUT2D eigenvalue weighted by Crippen LogP contribution is 2.28. The summed E-state index contributed by atoms with van der Waals surface area (Å²) in [7, 11) is 1.63. The number of methoxy groups -OCH3 is 1. The molecule has 4 nitrogen and oxygen atoms in total. The molecule has 5 heteroatoms. The molecule has 26 heavy (non-hydrogen) atoms. The van der Waals surface area contributed by atoms with Crippen LogP contribution in [0.4, 0.5) is 5.69 Å². The number of rotatable bonds is 7. The average molecular weight is 411 g/mol. The molecule has 0 fully saturated rings. The van der Waals surface area contributed by atoms with Gasteiger partial charge >= 0.3 is 0 Å². The first-order chi connectivity index (χ1) is 12.7. The molecule has 0 radical (unpaired) electrons. The van der Waals surface area contributed by atoms with Crippen LogP contribution in [0.2, 0.25) is 0 Å². The lowest BCUT2D eigenvalue weighted by atomic mass is 10.2. The molecule has 0 aliphatic heterocycles. The van der Waals surface area contributed by atoms with Crippen molar-refractivity contribution >= 4 is 27.8 Å². The lowest BCUT2D eigenvalue weighted by molar-refractivity contribution is 0.284. The molecule has 0 atom stereocenters. The number of nitrogens with one attached hydrogen (secondary N) is 1. The summed E-state index contributed by atoms with van der Waals surface area (Å²) in [4.78, 5) is 0. The molecule has 0 saturated carbocycles. The standard InChI is InChI=1S/C21H19BrN2O2/c1-25-21-13-17(14-23-24-19-5-3-2-4-6-19)9-12-20(21)26-15-16-7-10-18(22)11-8-16/h2-14,24H,15H2,1H3/b23-14-. The van der Waals surface area contributed by atoms with Gasteiger partial charge in [0.05, 0.1) is 19.0 Å². The van der Waals surface area contributed by atoms with E-state index >= 15 is 0 Å². The molecular weight excluding hydrogens is 392 g/mol. The van der Waals surface area contributed by atoms with Crippen LogP contribution in [0.25, 0.3) is 0 Å². The third-order valence-corrected chi connectivity index (χ3v) is 4.21. The largest absolute Gasteiger partial charge is 0.493 e. The number of benzene rings is 3. The maximum Gasteiger partial charge on any atom is 0.161 e. The Morgan fingerprint density at radius 1 is 0.962 bits per heavy atom. The van der Waals surface area contributed by atoms with Gasteiger partial charge in [-0.15, -0.1) is 0 Å². The van der Waals surface area contributed by atoms with E-state index in [1.807, 2.05) is 72.8 Å². The summed E-state index contributed by atoms with van der Waals surface area (Å²) in [6, 6.07) is 23.5. The Hall–Kier alpha value is -2.79. The van der Waals surface area contributed by atoms with Crippen molar-refractivity contribution in [2.45, 2.75) is 6.61 Å². The normalized spacial score (nSPS) is 10.7. The monoisotopic (exact) mass is 410 g/mol. The number of hydrazone groups is 1. The van der Waals surface area contributed by atoms with Crippen molar-refractivity contribution in [2.75, 3.05) is 12.5 Å². The van der Waals surface area contributed by atoms with Crippen LogP contribution in [-0.4, -0.2) is 13.3 Å². The molecule has 0 unspecified atom stereocenters. The lowest BCUT2D eigenvalue weighted by Gasteiger charge is -2.11. The fraction of sp³-hybridized carbons (Fsp3) is 0.0952. The molecule has 1 N–H and O–H groups in total. The van der Waals surface area contributed by atoms with E-state index in [0.717, 1.165) is 21.3 Å². The Morgan fingerprint density at radius 2 is 1.73 bits per heavy atom. The van der Waals surface area contributed by atoms with Crippen LogP contribution in [0.3, 0.4) is 0 Å². The number of nitrogens with zero attached hydrogens (tertiary/aromatic N) is 1. The van der Waals surface area contributed by atoms with Crippen molar-refractivity contribution in [3.63, 3.8) is 0 Å². The van der Waals surface area contributed by atoms with Gasteiger partial charge in [0.2, 0.25) is 0 Å². The Bertz CT molecular complexity index is 865. The topological polar surface area (TPSA) is 42.8 Å². The van der Waals surface area contributed by atoms with E-state index < -0.39 is 0 Å². The van der Waals surface area contributed by atoms with Gasteiger partial charge in [-0.25, -0.2) is 0 Å². The Kier molecular flexibility index (Phi) is 6.28. The summed E-state index contributed by atoms with van der Waals surface area (Å²) in [6.45, 7) is 0.479. The molecule has 3 aromatic carbocycles. The molecular formula is C21H19BrN2O2. The predicted molar refractivity (Wildman–Crippen MR) is 109 cm³/mol. The van der Waals surface area contributed by atoms with Crippen molar-refractivity contribution in [1.82, 2.24) is 0 Å². The van der Waals surface area contributed by atoms with Crippen molar-refractivity contribution in [3.8, 4) is 11.5 Å². The summed E-state index contributed by atoms with van der Waals surface area (Å²) in [5.74, 6) is 1.37. The van der Waals surface area contributed by atoms with E-state index in [4.69, 9.17) is 9.47 Å². The van der Waals surface area contributed by atoms with Crippen LogP contribution in [-0.2, 0) is 6.61 Å². The zero-order chi connectivity index (χ0) is 18.2. The Morgan fingerprint density at radius 3 is 2.46 bits per heavy atom. The number of halogens is 1. The Balaban J connectivity index is 1.64. The van der Waals surface area contributed by atoms with Gasteiger partial charge in [-0.2, -0.15) is 5.10 Å². The first kappa shape index (κ1) is 18.0. The zero-order valence-corrected chi connectivity index (χ0v) is 15.9. The molecule has 0 aliphatic rings. The van der Waals surface area contributed by atoms with Crippen LogP contribution in [0, 0.1) is 0 Å². The first-order valence-corrected chi connectivity index (χ1v) is 8.93. The maximum absolute atomic E-state index is 5.88. The van der Waals surface area contributed by atoms with Crippen LogP contribution in [0.15, 0.2) is 82.4 Å². The average Bonchev–Trinajstić information content (AvgIpc) is 2.69. The molecule has 0 aliphatic carbocycles. The van der Waals surface area contributed by atoms with Crippen LogP contribution in [0.1, 0.15) is 11.1 Å². The van der Waals surface area contributed by atoms with E-state index in [2.05, 4.69) is 26.5 Å². The van der Waals surface area contributed by atoms with Gasteiger partial charge in [-0.1, -0.05) is 46.3 Å². The van der Waals surface area contributed by atoms with Gasteiger partial charge in [-0.3, -0.25) is 5.43 Å². The molecule has 0 amide bonds. The molecule has 3 rings (SSSR count). The fourth-order valence-corrected chi connectivity index (χ4v) is 2.58. The van der Waals surface area contributed by atoms with Gasteiger partial charge in [0.25, 0.3) is 0 Å². The third kappa shape index (κ3) is 5.10. The second kappa shape index (κ2) is 9.06. The number of hydrogen-bond acceptors (Lipinski definition) is 4. The maximum atomic E-state index is 5.88. The van der Waals surface area contributed by atoms with E-state index in [9.17, 15) is 0 Å². The van der Waals surface area contributed by atoms with E-state index in [-0.39, 0.29) is 0 Å².